The number of carbonyl (C=O) groups is 3. The van der Waals surface area contributed by atoms with E-state index in [1.807, 2.05) is 0 Å². The molecule has 0 saturated carbocycles. The number of benzene rings is 2. The molecule has 21 heavy (non-hydrogen) atoms. The second-order valence-electron chi connectivity index (χ2n) is 4.94. The Labute approximate surface area is 120 Å². The maximum atomic E-state index is 12.7. The standard InChI is InChI=1S/C16H12N2O3/c1-7(19)8-3-2-4-9-12(8)16(21)14-11(18)6-5-10(17)13(14)15(9)20/h2-6H,17-18H2,1H3. The predicted octanol–water partition coefficient (Wildman–Crippen LogP) is 1.83. The molecule has 0 unspecified atom stereocenters. The molecule has 1 aliphatic rings. The highest BCUT2D eigenvalue weighted by Crippen LogP contribution is 2.35. The largest absolute Gasteiger partial charge is 0.398 e. The SMILES string of the molecule is CC(=O)c1cccc2c1C(=O)c1c(N)ccc(N)c1C2=O. The molecule has 0 radical (unpaired) electrons. The van der Waals surface area contributed by atoms with Gasteiger partial charge in [-0.15, -0.1) is 0 Å². The number of hydrogen-bond donors (Lipinski definition) is 2. The lowest BCUT2D eigenvalue weighted by Crippen LogP contribution is -2.25. The van der Waals surface area contributed by atoms with Crippen molar-refractivity contribution in [2.45, 2.75) is 6.92 Å². The molecule has 5 heteroatoms. The van der Waals surface area contributed by atoms with Gasteiger partial charge < -0.3 is 11.5 Å². The van der Waals surface area contributed by atoms with E-state index in [0.29, 0.717) is 0 Å². The summed E-state index contributed by atoms with van der Waals surface area (Å²) in [6, 6.07) is 7.61. The lowest BCUT2D eigenvalue weighted by molar-refractivity contribution is 0.0968. The average molecular weight is 280 g/mol. The van der Waals surface area contributed by atoms with Crippen LogP contribution in [0.4, 0.5) is 11.4 Å². The Kier molecular flexibility index (Phi) is 2.66. The fraction of sp³-hybridized carbons (Fsp3) is 0.0625. The van der Waals surface area contributed by atoms with E-state index in [4.69, 9.17) is 11.5 Å². The number of rotatable bonds is 1. The van der Waals surface area contributed by atoms with E-state index in [9.17, 15) is 14.4 Å². The van der Waals surface area contributed by atoms with Crippen molar-refractivity contribution in [2.24, 2.45) is 0 Å². The minimum atomic E-state index is -0.435. The van der Waals surface area contributed by atoms with Gasteiger partial charge in [-0.25, -0.2) is 0 Å². The van der Waals surface area contributed by atoms with Gasteiger partial charge in [-0.1, -0.05) is 18.2 Å². The van der Waals surface area contributed by atoms with Crippen LogP contribution in [0.1, 0.15) is 49.1 Å². The third-order valence-corrected chi connectivity index (χ3v) is 3.64. The van der Waals surface area contributed by atoms with E-state index in [1.54, 1.807) is 6.07 Å². The summed E-state index contributed by atoms with van der Waals surface area (Å²) in [6.45, 7) is 1.35. The van der Waals surface area contributed by atoms with Crippen LogP contribution in [0, 0.1) is 0 Å². The Hall–Kier alpha value is -2.95. The van der Waals surface area contributed by atoms with Crippen LogP contribution < -0.4 is 11.5 Å². The van der Waals surface area contributed by atoms with Crippen LogP contribution in [0.3, 0.4) is 0 Å². The lowest BCUT2D eigenvalue weighted by Gasteiger charge is -2.21. The predicted molar refractivity (Wildman–Crippen MR) is 78.6 cm³/mol. The number of fused-ring (bicyclic) bond motifs is 2. The molecule has 3 rings (SSSR count). The number of nitrogens with two attached hydrogens (primary N) is 2. The van der Waals surface area contributed by atoms with E-state index in [2.05, 4.69) is 0 Å². The maximum Gasteiger partial charge on any atom is 0.197 e. The summed E-state index contributed by atoms with van der Waals surface area (Å²) in [5.41, 5.74) is 12.8. The van der Waals surface area contributed by atoms with E-state index >= 15 is 0 Å². The van der Waals surface area contributed by atoms with Gasteiger partial charge in [0.1, 0.15) is 0 Å². The maximum absolute atomic E-state index is 12.7. The van der Waals surface area contributed by atoms with Gasteiger partial charge in [-0.3, -0.25) is 14.4 Å². The van der Waals surface area contributed by atoms with E-state index in [-0.39, 0.29) is 50.8 Å². The number of hydrogen-bond acceptors (Lipinski definition) is 5. The normalized spacial score (nSPS) is 12.8. The number of ketones is 3. The molecule has 0 fully saturated rings. The summed E-state index contributed by atoms with van der Waals surface area (Å²) in [4.78, 5) is 37.0. The Morgan fingerprint density at radius 2 is 1.43 bits per heavy atom. The van der Waals surface area contributed by atoms with E-state index in [1.165, 1.54) is 31.2 Å². The summed E-state index contributed by atoms with van der Waals surface area (Å²) in [5.74, 6) is -1.10. The van der Waals surface area contributed by atoms with Crippen LogP contribution in [-0.4, -0.2) is 17.3 Å². The molecule has 0 spiro atoms. The number of carbonyl (C=O) groups excluding carboxylic acids is 3. The second-order valence-corrected chi connectivity index (χ2v) is 4.94. The van der Waals surface area contributed by atoms with E-state index in [0.717, 1.165) is 0 Å². The van der Waals surface area contributed by atoms with Crippen LogP contribution >= 0.6 is 0 Å². The Balaban J connectivity index is 2.42. The quantitative estimate of drug-likeness (QED) is 0.523. The molecule has 0 saturated heterocycles. The van der Waals surface area contributed by atoms with Crippen molar-refractivity contribution < 1.29 is 14.4 Å². The molecule has 0 bridgehead atoms. The number of Topliss-reactive ketones (excluding diaryl/α,β-unsaturated/α-hetero) is 1. The van der Waals surface area contributed by atoms with Gasteiger partial charge in [0.2, 0.25) is 0 Å². The fourth-order valence-electron chi connectivity index (χ4n) is 2.66. The molecule has 1 aliphatic carbocycles. The molecule has 104 valence electrons. The highest BCUT2D eigenvalue weighted by Gasteiger charge is 2.35. The minimum Gasteiger partial charge on any atom is -0.398 e. The van der Waals surface area contributed by atoms with Crippen molar-refractivity contribution in [3.05, 3.63) is 58.1 Å². The first-order valence-electron chi connectivity index (χ1n) is 6.34. The molecule has 4 N–H and O–H groups in total. The smallest absolute Gasteiger partial charge is 0.197 e. The topological polar surface area (TPSA) is 103 Å². The van der Waals surface area contributed by atoms with Crippen LogP contribution in [-0.2, 0) is 0 Å². The minimum absolute atomic E-state index is 0.0844. The summed E-state index contributed by atoms with van der Waals surface area (Å²) < 4.78 is 0. The molecule has 0 aliphatic heterocycles. The molecule has 2 aromatic carbocycles. The van der Waals surface area contributed by atoms with Gasteiger partial charge in [0.05, 0.1) is 11.1 Å². The first-order chi connectivity index (χ1) is 9.93. The monoisotopic (exact) mass is 280 g/mol. The van der Waals surface area contributed by atoms with Gasteiger partial charge in [-0.2, -0.15) is 0 Å². The molecular formula is C16H12N2O3. The summed E-state index contributed by atoms with van der Waals surface area (Å²) >= 11 is 0. The van der Waals surface area contributed by atoms with Crippen molar-refractivity contribution in [1.82, 2.24) is 0 Å². The third-order valence-electron chi connectivity index (χ3n) is 3.64. The van der Waals surface area contributed by atoms with Gasteiger partial charge >= 0.3 is 0 Å². The van der Waals surface area contributed by atoms with Crippen LogP contribution in [0.5, 0.6) is 0 Å². The highest BCUT2D eigenvalue weighted by molar-refractivity contribution is 6.33. The van der Waals surface area contributed by atoms with Crippen molar-refractivity contribution in [3.63, 3.8) is 0 Å². The highest BCUT2D eigenvalue weighted by atomic mass is 16.1. The van der Waals surface area contributed by atoms with Gasteiger partial charge in [0.25, 0.3) is 0 Å². The van der Waals surface area contributed by atoms with Gasteiger partial charge in [0, 0.05) is 28.1 Å². The number of nitrogen functional groups attached to an aromatic ring is 2. The Morgan fingerprint density at radius 1 is 0.857 bits per heavy atom. The summed E-state index contributed by atoms with van der Waals surface area (Å²) in [7, 11) is 0. The second kappa shape index (κ2) is 4.28. The zero-order valence-electron chi connectivity index (χ0n) is 11.3. The molecule has 5 nitrogen and oxygen atoms in total. The zero-order valence-corrected chi connectivity index (χ0v) is 11.3. The van der Waals surface area contributed by atoms with Crippen LogP contribution in [0.15, 0.2) is 30.3 Å². The lowest BCUT2D eigenvalue weighted by atomic mass is 9.80. The first-order valence-corrected chi connectivity index (χ1v) is 6.34. The van der Waals surface area contributed by atoms with E-state index < -0.39 is 5.78 Å². The van der Waals surface area contributed by atoms with Crippen molar-refractivity contribution in [3.8, 4) is 0 Å². The van der Waals surface area contributed by atoms with Gasteiger partial charge in [0.15, 0.2) is 17.3 Å². The first kappa shape index (κ1) is 13.1. The molecule has 0 atom stereocenters. The van der Waals surface area contributed by atoms with Crippen molar-refractivity contribution in [1.29, 1.82) is 0 Å². The average Bonchev–Trinajstić information content (AvgIpc) is 2.46. The zero-order chi connectivity index (χ0) is 15.3. The molecule has 2 aromatic rings. The molecule has 0 heterocycles. The Bertz CT molecular complexity index is 838. The number of anilines is 2. The van der Waals surface area contributed by atoms with Gasteiger partial charge in [-0.05, 0) is 19.1 Å². The molecular weight excluding hydrogens is 268 g/mol. The fourth-order valence-corrected chi connectivity index (χ4v) is 2.66. The molecule has 0 amide bonds. The van der Waals surface area contributed by atoms with Crippen molar-refractivity contribution >= 4 is 28.7 Å². The van der Waals surface area contributed by atoms with Crippen molar-refractivity contribution in [2.75, 3.05) is 11.5 Å². The van der Waals surface area contributed by atoms with Crippen LogP contribution in [0.25, 0.3) is 0 Å². The van der Waals surface area contributed by atoms with Crippen LogP contribution in [0.2, 0.25) is 0 Å². The Morgan fingerprint density at radius 3 is 2.00 bits per heavy atom. The molecule has 0 aromatic heterocycles. The third kappa shape index (κ3) is 1.67. The summed E-state index contributed by atoms with van der Waals surface area (Å²) in [5, 5.41) is 0. The summed E-state index contributed by atoms with van der Waals surface area (Å²) in [6.07, 6.45) is 0.